The number of carbonyl (C=O) groups excluding carboxylic acids is 3. The third kappa shape index (κ3) is 6.43. The first-order valence-electron chi connectivity index (χ1n) is 11.5. The number of anilines is 1. The highest BCUT2D eigenvalue weighted by Gasteiger charge is 2.36. The van der Waals surface area contributed by atoms with Gasteiger partial charge in [0.15, 0.2) is 11.5 Å². The average molecular weight is 599 g/mol. The number of imide groups is 1. The Morgan fingerprint density at radius 2 is 1.84 bits per heavy atom. The maximum atomic E-state index is 13.2. The summed E-state index contributed by atoms with van der Waals surface area (Å²) in [6.45, 7) is 3.63. The van der Waals surface area contributed by atoms with Crippen LogP contribution in [0.15, 0.2) is 64.0 Å². The van der Waals surface area contributed by atoms with Crippen LogP contribution in [0.25, 0.3) is 6.08 Å². The molecule has 0 aliphatic carbocycles. The number of hydrogen-bond acceptors (Lipinski definition) is 6. The first-order valence-corrected chi connectivity index (χ1v) is 13.1. The minimum Gasteiger partial charge on any atom is -0.493 e. The molecule has 0 saturated carbocycles. The van der Waals surface area contributed by atoms with E-state index < -0.39 is 23.6 Å². The fraction of sp³-hybridized carbons (Fsp3) is 0.179. The van der Waals surface area contributed by atoms with E-state index in [-0.39, 0.29) is 17.3 Å². The predicted octanol–water partition coefficient (Wildman–Crippen LogP) is 6.47. The average Bonchev–Trinajstić information content (AvgIpc) is 3.13. The summed E-state index contributed by atoms with van der Waals surface area (Å²) < 4.78 is 25.1. The number of carbonyl (C=O) groups is 3. The van der Waals surface area contributed by atoms with Crippen molar-refractivity contribution < 1.29 is 28.2 Å². The second-order valence-electron chi connectivity index (χ2n) is 8.58. The molecule has 4 rings (SSSR count). The molecular weight excluding hydrogens is 575 g/mol. The molecule has 0 aromatic heterocycles. The lowest BCUT2D eigenvalue weighted by atomic mass is 10.1. The number of benzene rings is 3. The molecule has 1 fully saturated rings. The zero-order valence-corrected chi connectivity index (χ0v) is 23.2. The third-order valence-corrected chi connectivity index (χ3v) is 7.17. The van der Waals surface area contributed by atoms with Crippen molar-refractivity contribution in [2.75, 3.05) is 19.0 Å². The molecule has 3 aromatic carbocycles. The number of nitrogens with one attached hydrogen (secondary N) is 1. The van der Waals surface area contributed by atoms with Crippen molar-refractivity contribution in [3.05, 3.63) is 92.0 Å². The number of thioether (sulfide) groups is 1. The number of amides is 3. The van der Waals surface area contributed by atoms with Gasteiger partial charge >= 0.3 is 0 Å². The summed E-state index contributed by atoms with van der Waals surface area (Å²) >= 11 is 4.23. The van der Waals surface area contributed by atoms with Crippen LogP contribution in [0, 0.1) is 19.7 Å². The van der Waals surface area contributed by atoms with Crippen LogP contribution in [-0.4, -0.2) is 35.6 Å². The van der Waals surface area contributed by atoms with Gasteiger partial charge in [-0.05, 0) is 94.6 Å². The molecule has 0 bridgehead atoms. The Morgan fingerprint density at radius 3 is 2.53 bits per heavy atom. The minimum atomic E-state index is -0.553. The Hall–Kier alpha value is -3.63. The van der Waals surface area contributed by atoms with Gasteiger partial charge in [0.2, 0.25) is 5.91 Å². The topological polar surface area (TPSA) is 84.9 Å². The molecule has 0 spiro atoms. The molecule has 3 amide bonds. The normalized spacial score (nSPS) is 14.2. The molecular formula is C28H24BrFN2O5S. The molecule has 0 radical (unpaired) electrons. The maximum absolute atomic E-state index is 13.2. The minimum absolute atomic E-state index is 0.184. The molecule has 196 valence electrons. The second kappa shape index (κ2) is 11.8. The van der Waals surface area contributed by atoms with Crippen molar-refractivity contribution in [2.24, 2.45) is 0 Å². The molecule has 3 aromatic rings. The van der Waals surface area contributed by atoms with Crippen LogP contribution in [0.1, 0.15) is 22.3 Å². The zero-order chi connectivity index (χ0) is 27.4. The van der Waals surface area contributed by atoms with Crippen LogP contribution in [0.5, 0.6) is 11.5 Å². The van der Waals surface area contributed by atoms with Crippen LogP contribution in [0.3, 0.4) is 0 Å². The Morgan fingerprint density at radius 1 is 1.11 bits per heavy atom. The number of aryl methyl sites for hydroxylation is 2. The van der Waals surface area contributed by atoms with E-state index in [2.05, 4.69) is 21.2 Å². The largest absolute Gasteiger partial charge is 0.493 e. The van der Waals surface area contributed by atoms with Crippen molar-refractivity contribution in [1.82, 2.24) is 4.90 Å². The van der Waals surface area contributed by atoms with E-state index in [9.17, 15) is 18.8 Å². The predicted molar refractivity (Wildman–Crippen MR) is 149 cm³/mol. The number of halogens is 2. The molecule has 1 aliphatic heterocycles. The lowest BCUT2D eigenvalue weighted by Gasteiger charge is -2.14. The Kier molecular flexibility index (Phi) is 8.53. The van der Waals surface area contributed by atoms with Crippen molar-refractivity contribution >= 4 is 56.5 Å². The van der Waals surface area contributed by atoms with Gasteiger partial charge in [-0.3, -0.25) is 19.3 Å². The Balaban J connectivity index is 1.46. The van der Waals surface area contributed by atoms with E-state index in [0.717, 1.165) is 33.4 Å². The monoisotopic (exact) mass is 598 g/mol. The highest BCUT2D eigenvalue weighted by molar-refractivity contribution is 9.10. The van der Waals surface area contributed by atoms with E-state index in [1.54, 1.807) is 36.4 Å². The summed E-state index contributed by atoms with van der Waals surface area (Å²) in [7, 11) is 1.48. The Labute approximate surface area is 232 Å². The molecule has 1 saturated heterocycles. The summed E-state index contributed by atoms with van der Waals surface area (Å²) in [5.41, 5.74) is 3.94. The van der Waals surface area contributed by atoms with Gasteiger partial charge in [0.1, 0.15) is 19.0 Å². The smallest absolute Gasteiger partial charge is 0.294 e. The van der Waals surface area contributed by atoms with Crippen molar-refractivity contribution in [1.29, 1.82) is 0 Å². The van der Waals surface area contributed by atoms with Crippen LogP contribution in [-0.2, 0) is 16.2 Å². The van der Waals surface area contributed by atoms with Gasteiger partial charge in [0, 0.05) is 5.69 Å². The summed E-state index contributed by atoms with van der Waals surface area (Å²) in [4.78, 5) is 39.2. The fourth-order valence-corrected chi connectivity index (χ4v) is 5.19. The van der Waals surface area contributed by atoms with Gasteiger partial charge in [0.25, 0.3) is 11.1 Å². The van der Waals surface area contributed by atoms with Gasteiger partial charge in [-0.2, -0.15) is 0 Å². The highest BCUT2D eigenvalue weighted by Crippen LogP contribution is 2.39. The third-order valence-electron chi connectivity index (χ3n) is 5.68. The first kappa shape index (κ1) is 27.4. The van der Waals surface area contributed by atoms with E-state index >= 15 is 0 Å². The van der Waals surface area contributed by atoms with E-state index in [4.69, 9.17) is 9.47 Å². The molecule has 1 aliphatic rings. The number of hydrogen-bond donors (Lipinski definition) is 1. The molecule has 0 unspecified atom stereocenters. The summed E-state index contributed by atoms with van der Waals surface area (Å²) in [5, 5.41) is 2.23. The lowest BCUT2D eigenvalue weighted by molar-refractivity contribution is -0.127. The van der Waals surface area contributed by atoms with E-state index in [1.165, 1.54) is 19.2 Å². The first-order chi connectivity index (χ1) is 18.1. The molecule has 0 atom stereocenters. The Bertz CT molecular complexity index is 1440. The summed E-state index contributed by atoms with van der Waals surface area (Å²) in [6, 6.07) is 15.0. The quantitative estimate of drug-likeness (QED) is 0.299. The van der Waals surface area contributed by atoms with Gasteiger partial charge in [-0.1, -0.05) is 29.8 Å². The van der Waals surface area contributed by atoms with Crippen molar-refractivity contribution in [3.8, 4) is 11.5 Å². The molecule has 38 heavy (non-hydrogen) atoms. The lowest BCUT2D eigenvalue weighted by Crippen LogP contribution is -2.36. The molecule has 7 nitrogen and oxygen atoms in total. The molecule has 10 heteroatoms. The van der Waals surface area contributed by atoms with Crippen LogP contribution in [0.2, 0.25) is 0 Å². The number of ether oxygens (including phenoxy) is 2. The van der Waals surface area contributed by atoms with Gasteiger partial charge in [-0.15, -0.1) is 0 Å². The summed E-state index contributed by atoms with van der Waals surface area (Å²) in [5.74, 6) is -0.511. The fourth-order valence-electron chi connectivity index (χ4n) is 3.77. The van der Waals surface area contributed by atoms with Crippen LogP contribution >= 0.6 is 27.7 Å². The van der Waals surface area contributed by atoms with Crippen molar-refractivity contribution in [2.45, 2.75) is 20.5 Å². The molecule has 1 heterocycles. The second-order valence-corrected chi connectivity index (χ2v) is 10.4. The van der Waals surface area contributed by atoms with Crippen LogP contribution in [0.4, 0.5) is 14.9 Å². The van der Waals surface area contributed by atoms with Crippen molar-refractivity contribution in [3.63, 3.8) is 0 Å². The molecule has 1 N–H and O–H groups in total. The number of nitrogens with zero attached hydrogens (tertiary/aromatic N) is 1. The number of rotatable bonds is 8. The summed E-state index contributed by atoms with van der Waals surface area (Å²) in [6.07, 6.45) is 1.56. The zero-order valence-electron chi connectivity index (χ0n) is 20.8. The SMILES string of the molecule is COc1cc(/C=C2/SC(=O)N(CC(=O)Nc3ccc(C)cc3C)C2=O)cc(Br)c1OCc1ccc(F)cc1. The maximum Gasteiger partial charge on any atom is 0.294 e. The van der Waals surface area contributed by atoms with E-state index in [1.807, 2.05) is 26.0 Å². The number of methoxy groups -OCH3 is 1. The van der Waals surface area contributed by atoms with Gasteiger partial charge in [0.05, 0.1) is 16.5 Å². The van der Waals surface area contributed by atoms with Gasteiger partial charge < -0.3 is 14.8 Å². The van der Waals surface area contributed by atoms with E-state index in [0.29, 0.717) is 27.2 Å². The van der Waals surface area contributed by atoms with Gasteiger partial charge in [-0.25, -0.2) is 4.39 Å². The standard InChI is InChI=1S/C28H24BrFN2O5S/c1-16-4-9-22(17(2)10-16)31-25(33)14-32-27(34)24(38-28(32)35)13-19-11-21(29)26(23(12-19)36-3)37-15-18-5-7-20(30)8-6-18/h4-13H,14-15H2,1-3H3,(H,31,33)/b24-13+. The van der Waals surface area contributed by atoms with Crippen LogP contribution < -0.4 is 14.8 Å². The highest BCUT2D eigenvalue weighted by atomic mass is 79.9.